The van der Waals surface area contributed by atoms with Gasteiger partial charge in [-0.1, -0.05) is 12.1 Å². The number of carbonyl (C=O) groups is 2. The Bertz CT molecular complexity index is 1310. The van der Waals surface area contributed by atoms with Gasteiger partial charge in [-0.3, -0.25) is 9.59 Å². The summed E-state index contributed by atoms with van der Waals surface area (Å²) < 4.78 is 6.69. The maximum atomic E-state index is 12.7. The average Bonchev–Trinajstić information content (AvgIpc) is 3.55. The van der Waals surface area contributed by atoms with E-state index in [1.54, 1.807) is 30.3 Å². The summed E-state index contributed by atoms with van der Waals surface area (Å²) in [6.07, 6.45) is 8.99. The second-order valence-corrected chi connectivity index (χ2v) is 8.02. The first-order valence-electron chi connectivity index (χ1n) is 11.4. The van der Waals surface area contributed by atoms with Crippen molar-refractivity contribution in [2.24, 2.45) is 5.10 Å². The van der Waals surface area contributed by atoms with Gasteiger partial charge in [-0.2, -0.15) is 10.2 Å². The van der Waals surface area contributed by atoms with Crippen LogP contribution in [0.1, 0.15) is 34.3 Å². The van der Waals surface area contributed by atoms with Gasteiger partial charge in [0.2, 0.25) is 5.91 Å². The number of hydrogen-bond donors (Lipinski definition) is 3. The molecule has 0 aliphatic heterocycles. The molecular weight excluding hydrogens is 444 g/mol. The van der Waals surface area contributed by atoms with Gasteiger partial charge < -0.3 is 15.0 Å². The van der Waals surface area contributed by atoms with E-state index in [1.165, 1.54) is 0 Å². The molecule has 0 fully saturated rings. The monoisotopic (exact) mass is 472 g/mol. The first-order valence-corrected chi connectivity index (χ1v) is 11.4. The predicted octanol–water partition coefficient (Wildman–Crippen LogP) is 3.20. The number of rotatable bonds is 11. The molecule has 0 aliphatic rings. The largest absolute Gasteiger partial charge is 0.383 e. The van der Waals surface area contributed by atoms with Crippen LogP contribution in [0.15, 0.2) is 72.2 Å². The van der Waals surface area contributed by atoms with Crippen LogP contribution >= 0.6 is 0 Å². The van der Waals surface area contributed by atoms with Crippen molar-refractivity contribution in [3.8, 4) is 5.69 Å². The molecule has 9 heteroatoms. The number of benzene rings is 2. The predicted molar refractivity (Wildman–Crippen MR) is 135 cm³/mol. The number of ether oxygens (including phenoxy) is 1. The Hall–Kier alpha value is -4.24. The van der Waals surface area contributed by atoms with Crippen LogP contribution in [0.25, 0.3) is 16.6 Å². The number of amides is 2. The molecule has 2 aromatic carbocycles. The Morgan fingerprint density at radius 1 is 1.20 bits per heavy atom. The van der Waals surface area contributed by atoms with E-state index in [0.717, 1.165) is 34.1 Å². The van der Waals surface area contributed by atoms with Crippen molar-refractivity contribution in [3.05, 3.63) is 83.8 Å². The number of hydrazone groups is 1. The van der Waals surface area contributed by atoms with E-state index < -0.39 is 0 Å². The topological polar surface area (TPSA) is 113 Å². The standard InChI is InChI=1S/C26H28N6O3/c1-35-14-12-27-25(33)8-3-6-21-18-28-24-10-9-20(16-23(21)24)26(34)31-29-17-19-5-2-7-22(15-19)32-13-4-11-30-32/h2,4-5,7,9-11,13,15-18,28H,3,6,8,12,14H2,1H3,(H,27,33)(H,31,34)/b29-17+. The van der Waals surface area contributed by atoms with Gasteiger partial charge in [-0.05, 0) is 60.4 Å². The maximum absolute atomic E-state index is 12.7. The van der Waals surface area contributed by atoms with Crippen LogP contribution in [0.2, 0.25) is 0 Å². The molecule has 0 saturated carbocycles. The Balaban J connectivity index is 1.35. The number of carbonyl (C=O) groups excluding carboxylic acids is 2. The van der Waals surface area contributed by atoms with Gasteiger partial charge in [0.05, 0.1) is 18.5 Å². The molecule has 35 heavy (non-hydrogen) atoms. The van der Waals surface area contributed by atoms with Gasteiger partial charge in [0, 0.05) is 55.1 Å². The number of nitrogens with one attached hydrogen (secondary N) is 3. The van der Waals surface area contributed by atoms with Gasteiger partial charge in [0.15, 0.2) is 0 Å². The van der Waals surface area contributed by atoms with Crippen LogP contribution in [0.3, 0.4) is 0 Å². The van der Waals surface area contributed by atoms with Crippen LogP contribution < -0.4 is 10.7 Å². The molecule has 3 N–H and O–H groups in total. The fourth-order valence-electron chi connectivity index (χ4n) is 3.75. The Morgan fingerprint density at radius 2 is 2.11 bits per heavy atom. The van der Waals surface area contributed by atoms with Gasteiger partial charge in [0.25, 0.3) is 5.91 Å². The number of aryl methyl sites for hydroxylation is 1. The Morgan fingerprint density at radius 3 is 2.94 bits per heavy atom. The molecule has 0 aliphatic carbocycles. The van der Waals surface area contributed by atoms with Crippen molar-refractivity contribution in [2.45, 2.75) is 19.3 Å². The summed E-state index contributed by atoms with van der Waals surface area (Å²) in [7, 11) is 1.60. The number of H-pyrrole nitrogens is 1. The minimum absolute atomic E-state index is 0.00924. The number of nitrogens with zero attached hydrogens (tertiary/aromatic N) is 3. The van der Waals surface area contributed by atoms with E-state index in [1.807, 2.05) is 54.9 Å². The summed E-state index contributed by atoms with van der Waals surface area (Å²) in [4.78, 5) is 27.8. The van der Waals surface area contributed by atoms with E-state index in [4.69, 9.17) is 4.74 Å². The van der Waals surface area contributed by atoms with Gasteiger partial charge in [-0.25, -0.2) is 10.1 Å². The fourth-order valence-corrected chi connectivity index (χ4v) is 3.75. The van der Waals surface area contributed by atoms with Crippen molar-refractivity contribution < 1.29 is 14.3 Å². The molecule has 0 bridgehead atoms. The third-order valence-corrected chi connectivity index (χ3v) is 5.53. The third-order valence-electron chi connectivity index (χ3n) is 5.53. The summed E-state index contributed by atoms with van der Waals surface area (Å²) in [5, 5.41) is 12.1. The quantitative estimate of drug-likeness (QED) is 0.177. The molecule has 4 rings (SSSR count). The highest BCUT2D eigenvalue weighted by atomic mass is 16.5. The summed E-state index contributed by atoms with van der Waals surface area (Å²) in [6.45, 7) is 1.01. The molecule has 2 aromatic heterocycles. The summed E-state index contributed by atoms with van der Waals surface area (Å²) in [5.74, 6) is -0.286. The second-order valence-electron chi connectivity index (χ2n) is 8.02. The van der Waals surface area contributed by atoms with Crippen molar-refractivity contribution >= 4 is 28.9 Å². The molecule has 4 aromatic rings. The summed E-state index contributed by atoms with van der Waals surface area (Å²) in [5.41, 5.74) is 6.87. The van der Waals surface area contributed by atoms with Crippen molar-refractivity contribution in [2.75, 3.05) is 20.3 Å². The summed E-state index contributed by atoms with van der Waals surface area (Å²) >= 11 is 0. The number of aromatic nitrogens is 3. The molecule has 2 amide bonds. The van der Waals surface area contributed by atoms with Crippen LogP contribution in [-0.4, -0.2) is 53.1 Å². The highest BCUT2D eigenvalue weighted by molar-refractivity contribution is 5.99. The van der Waals surface area contributed by atoms with Crippen molar-refractivity contribution in [1.29, 1.82) is 0 Å². The molecule has 0 atom stereocenters. The molecule has 0 radical (unpaired) electrons. The molecule has 0 saturated heterocycles. The third kappa shape index (κ3) is 6.42. The van der Waals surface area contributed by atoms with E-state index >= 15 is 0 Å². The van der Waals surface area contributed by atoms with E-state index in [0.29, 0.717) is 31.6 Å². The number of fused-ring (bicyclic) bond motifs is 1. The molecule has 2 heterocycles. The van der Waals surface area contributed by atoms with Crippen molar-refractivity contribution in [3.63, 3.8) is 0 Å². The molecule has 0 unspecified atom stereocenters. The minimum Gasteiger partial charge on any atom is -0.383 e. The van der Waals surface area contributed by atoms with Gasteiger partial charge >= 0.3 is 0 Å². The maximum Gasteiger partial charge on any atom is 0.271 e. The average molecular weight is 473 g/mol. The minimum atomic E-state index is -0.295. The lowest BCUT2D eigenvalue weighted by atomic mass is 10.0. The Kier molecular flexibility index (Phi) is 8.03. The van der Waals surface area contributed by atoms with Crippen LogP contribution in [0.5, 0.6) is 0 Å². The Labute approximate surface area is 203 Å². The zero-order chi connectivity index (χ0) is 24.5. The smallest absolute Gasteiger partial charge is 0.271 e. The molecule has 9 nitrogen and oxygen atoms in total. The van der Waals surface area contributed by atoms with E-state index in [9.17, 15) is 9.59 Å². The lowest BCUT2D eigenvalue weighted by Gasteiger charge is -2.05. The zero-order valence-electron chi connectivity index (χ0n) is 19.5. The zero-order valence-corrected chi connectivity index (χ0v) is 19.5. The summed E-state index contributed by atoms with van der Waals surface area (Å²) in [6, 6.07) is 15.0. The fraction of sp³-hybridized carbons (Fsp3) is 0.231. The lowest BCUT2D eigenvalue weighted by Crippen LogP contribution is -2.26. The normalized spacial score (nSPS) is 11.2. The van der Waals surface area contributed by atoms with E-state index in [-0.39, 0.29) is 11.8 Å². The SMILES string of the molecule is COCCNC(=O)CCCc1c[nH]c2ccc(C(=O)N/N=C/c3cccc(-n4cccn4)c3)cc12. The van der Waals surface area contributed by atoms with Crippen LogP contribution in [0.4, 0.5) is 0 Å². The number of aromatic amines is 1. The lowest BCUT2D eigenvalue weighted by molar-refractivity contribution is -0.121. The number of methoxy groups -OCH3 is 1. The first kappa shape index (κ1) is 23.9. The van der Waals surface area contributed by atoms with Gasteiger partial charge in [-0.15, -0.1) is 0 Å². The first-order chi connectivity index (χ1) is 17.1. The molecule has 0 spiro atoms. The van der Waals surface area contributed by atoms with Crippen LogP contribution in [0, 0.1) is 0 Å². The number of hydrogen-bond acceptors (Lipinski definition) is 5. The molecular formula is C26H28N6O3. The highest BCUT2D eigenvalue weighted by Gasteiger charge is 2.10. The van der Waals surface area contributed by atoms with Crippen LogP contribution in [-0.2, 0) is 16.0 Å². The highest BCUT2D eigenvalue weighted by Crippen LogP contribution is 2.21. The molecule has 180 valence electrons. The van der Waals surface area contributed by atoms with E-state index in [2.05, 4.69) is 25.9 Å². The second kappa shape index (κ2) is 11.8. The van der Waals surface area contributed by atoms with Crippen molar-refractivity contribution in [1.82, 2.24) is 25.5 Å². The van der Waals surface area contributed by atoms with Gasteiger partial charge in [0.1, 0.15) is 0 Å².